The van der Waals surface area contributed by atoms with Crippen LogP contribution < -0.4 is 4.90 Å². The number of carbonyl (C=O) groups is 1. The topological polar surface area (TPSA) is 61.9 Å². The fourth-order valence-electron chi connectivity index (χ4n) is 1.94. The predicted molar refractivity (Wildman–Crippen MR) is 74.3 cm³/mol. The lowest BCUT2D eigenvalue weighted by molar-refractivity contribution is 0.0983. The SMILES string of the molecule is CCCc1nc(C(=O)N(C)c2ccccc2C)n[nH]1. The van der Waals surface area contributed by atoms with Crippen LogP contribution in [0.1, 0.15) is 35.4 Å². The molecular weight excluding hydrogens is 240 g/mol. The monoisotopic (exact) mass is 258 g/mol. The number of aromatic amines is 1. The summed E-state index contributed by atoms with van der Waals surface area (Å²) in [6.45, 7) is 4.03. The standard InChI is InChI=1S/C14H18N4O/c1-4-7-12-15-13(17-16-12)14(19)18(3)11-9-6-5-8-10(11)2/h5-6,8-9H,4,7H2,1-3H3,(H,15,16,17). The van der Waals surface area contributed by atoms with Crippen LogP contribution in [0.3, 0.4) is 0 Å². The second-order valence-corrected chi connectivity index (χ2v) is 4.51. The van der Waals surface area contributed by atoms with Gasteiger partial charge >= 0.3 is 0 Å². The Morgan fingerprint density at radius 3 is 2.79 bits per heavy atom. The molecule has 1 aromatic carbocycles. The molecule has 0 aliphatic rings. The summed E-state index contributed by atoms with van der Waals surface area (Å²) in [5, 5.41) is 6.78. The highest BCUT2D eigenvalue weighted by Crippen LogP contribution is 2.19. The van der Waals surface area contributed by atoms with E-state index < -0.39 is 0 Å². The van der Waals surface area contributed by atoms with Gasteiger partial charge < -0.3 is 4.90 Å². The van der Waals surface area contributed by atoms with Gasteiger partial charge in [-0.15, -0.1) is 5.10 Å². The van der Waals surface area contributed by atoms with Crippen molar-refractivity contribution in [2.45, 2.75) is 26.7 Å². The highest BCUT2D eigenvalue weighted by atomic mass is 16.2. The van der Waals surface area contributed by atoms with Gasteiger partial charge in [0, 0.05) is 19.2 Å². The molecule has 1 amide bonds. The Kier molecular flexibility index (Phi) is 3.94. The summed E-state index contributed by atoms with van der Waals surface area (Å²) in [7, 11) is 1.74. The van der Waals surface area contributed by atoms with E-state index >= 15 is 0 Å². The number of aromatic nitrogens is 3. The van der Waals surface area contributed by atoms with Gasteiger partial charge in [-0.25, -0.2) is 4.98 Å². The number of rotatable bonds is 4. The highest BCUT2D eigenvalue weighted by molar-refractivity contribution is 6.03. The number of hydrogen-bond donors (Lipinski definition) is 1. The Labute approximate surface area is 112 Å². The van der Waals surface area contributed by atoms with Crippen LogP contribution in [0.15, 0.2) is 24.3 Å². The molecule has 0 fully saturated rings. The Hall–Kier alpha value is -2.17. The van der Waals surface area contributed by atoms with Gasteiger partial charge in [-0.1, -0.05) is 25.1 Å². The van der Waals surface area contributed by atoms with E-state index in [-0.39, 0.29) is 11.7 Å². The lowest BCUT2D eigenvalue weighted by atomic mass is 10.2. The largest absolute Gasteiger partial charge is 0.308 e. The van der Waals surface area contributed by atoms with E-state index in [2.05, 4.69) is 22.1 Å². The van der Waals surface area contributed by atoms with E-state index in [9.17, 15) is 4.79 Å². The summed E-state index contributed by atoms with van der Waals surface area (Å²) in [4.78, 5) is 18.1. The van der Waals surface area contributed by atoms with Crippen molar-refractivity contribution >= 4 is 11.6 Å². The Morgan fingerprint density at radius 2 is 2.11 bits per heavy atom. The zero-order valence-electron chi connectivity index (χ0n) is 11.5. The van der Waals surface area contributed by atoms with Crippen LogP contribution in [-0.4, -0.2) is 28.1 Å². The predicted octanol–water partition coefficient (Wildman–Crippen LogP) is 2.34. The molecule has 0 saturated carbocycles. The number of amides is 1. The fourth-order valence-corrected chi connectivity index (χ4v) is 1.94. The van der Waals surface area contributed by atoms with Crippen LogP contribution in [0, 0.1) is 6.92 Å². The summed E-state index contributed by atoms with van der Waals surface area (Å²) >= 11 is 0. The summed E-state index contributed by atoms with van der Waals surface area (Å²) < 4.78 is 0. The number of aryl methyl sites for hydroxylation is 2. The van der Waals surface area contributed by atoms with Crippen molar-refractivity contribution in [2.24, 2.45) is 0 Å². The van der Waals surface area contributed by atoms with Gasteiger partial charge in [0.05, 0.1) is 0 Å². The zero-order valence-corrected chi connectivity index (χ0v) is 11.5. The summed E-state index contributed by atoms with van der Waals surface area (Å²) in [6.07, 6.45) is 1.77. The first-order valence-electron chi connectivity index (χ1n) is 6.38. The van der Waals surface area contributed by atoms with Crippen molar-refractivity contribution in [1.82, 2.24) is 15.2 Å². The van der Waals surface area contributed by atoms with Crippen molar-refractivity contribution in [1.29, 1.82) is 0 Å². The first-order chi connectivity index (χ1) is 9.13. The van der Waals surface area contributed by atoms with Crippen LogP contribution in [0.2, 0.25) is 0 Å². The first-order valence-corrected chi connectivity index (χ1v) is 6.38. The van der Waals surface area contributed by atoms with E-state index in [0.717, 1.165) is 29.9 Å². The normalized spacial score (nSPS) is 10.5. The van der Waals surface area contributed by atoms with Crippen LogP contribution in [0.25, 0.3) is 0 Å². The minimum absolute atomic E-state index is 0.201. The van der Waals surface area contributed by atoms with E-state index in [0.29, 0.717) is 0 Å². The third kappa shape index (κ3) is 2.81. The first kappa shape index (κ1) is 13.3. The maximum atomic E-state index is 12.3. The molecule has 5 nitrogen and oxygen atoms in total. The summed E-state index contributed by atoms with van der Waals surface area (Å²) in [6, 6.07) is 7.74. The van der Waals surface area contributed by atoms with Gasteiger partial charge in [-0.3, -0.25) is 9.89 Å². The van der Waals surface area contributed by atoms with Crippen LogP contribution in [0.4, 0.5) is 5.69 Å². The highest BCUT2D eigenvalue weighted by Gasteiger charge is 2.19. The molecule has 0 spiro atoms. The fraction of sp³-hybridized carbons (Fsp3) is 0.357. The number of para-hydroxylation sites is 1. The maximum absolute atomic E-state index is 12.3. The van der Waals surface area contributed by atoms with Crippen LogP contribution in [-0.2, 0) is 6.42 Å². The molecule has 0 radical (unpaired) electrons. The molecule has 1 heterocycles. The van der Waals surface area contributed by atoms with Gasteiger partial charge in [0.1, 0.15) is 5.82 Å². The van der Waals surface area contributed by atoms with Gasteiger partial charge in [0.15, 0.2) is 0 Å². The van der Waals surface area contributed by atoms with Crippen molar-refractivity contribution in [3.05, 3.63) is 41.5 Å². The average molecular weight is 258 g/mol. The lowest BCUT2D eigenvalue weighted by Gasteiger charge is -2.17. The molecule has 2 rings (SSSR count). The Balaban J connectivity index is 2.21. The zero-order chi connectivity index (χ0) is 13.8. The molecule has 0 aliphatic carbocycles. The van der Waals surface area contributed by atoms with Gasteiger partial charge in [-0.2, -0.15) is 0 Å². The Morgan fingerprint density at radius 1 is 1.37 bits per heavy atom. The molecule has 19 heavy (non-hydrogen) atoms. The number of anilines is 1. The average Bonchev–Trinajstić information content (AvgIpc) is 2.87. The number of hydrogen-bond acceptors (Lipinski definition) is 3. The van der Waals surface area contributed by atoms with E-state index in [4.69, 9.17) is 0 Å². The smallest absolute Gasteiger partial charge is 0.297 e. The molecule has 0 unspecified atom stereocenters. The van der Waals surface area contributed by atoms with Crippen molar-refractivity contribution in [2.75, 3.05) is 11.9 Å². The molecule has 1 N–H and O–H groups in total. The van der Waals surface area contributed by atoms with E-state index in [1.807, 2.05) is 31.2 Å². The molecule has 1 aromatic heterocycles. The number of H-pyrrole nitrogens is 1. The number of carbonyl (C=O) groups excluding carboxylic acids is 1. The molecule has 0 aliphatic heterocycles. The molecule has 0 atom stereocenters. The third-order valence-electron chi connectivity index (χ3n) is 2.99. The second-order valence-electron chi connectivity index (χ2n) is 4.51. The van der Waals surface area contributed by atoms with Gasteiger partial charge in [-0.05, 0) is 25.0 Å². The number of benzene rings is 1. The minimum atomic E-state index is -0.201. The summed E-state index contributed by atoms with van der Waals surface area (Å²) in [5.41, 5.74) is 1.91. The molecule has 5 heteroatoms. The molecule has 2 aromatic rings. The maximum Gasteiger partial charge on any atom is 0.297 e. The van der Waals surface area contributed by atoms with Crippen molar-refractivity contribution in [3.8, 4) is 0 Å². The van der Waals surface area contributed by atoms with Crippen molar-refractivity contribution < 1.29 is 4.79 Å². The van der Waals surface area contributed by atoms with Crippen LogP contribution >= 0.6 is 0 Å². The second kappa shape index (κ2) is 5.65. The third-order valence-corrected chi connectivity index (χ3v) is 2.99. The molecular formula is C14H18N4O. The number of nitrogens with zero attached hydrogens (tertiary/aromatic N) is 3. The quantitative estimate of drug-likeness (QED) is 0.915. The van der Waals surface area contributed by atoms with Gasteiger partial charge in [0.2, 0.25) is 5.82 Å². The van der Waals surface area contributed by atoms with E-state index in [1.54, 1.807) is 11.9 Å². The van der Waals surface area contributed by atoms with Crippen molar-refractivity contribution in [3.63, 3.8) is 0 Å². The number of nitrogens with one attached hydrogen (secondary N) is 1. The molecule has 0 saturated heterocycles. The summed E-state index contributed by atoms with van der Waals surface area (Å²) in [5.74, 6) is 0.770. The van der Waals surface area contributed by atoms with Crippen LogP contribution in [0.5, 0.6) is 0 Å². The Bertz CT molecular complexity index is 576. The van der Waals surface area contributed by atoms with Gasteiger partial charge in [0.25, 0.3) is 5.91 Å². The van der Waals surface area contributed by atoms with E-state index in [1.165, 1.54) is 0 Å². The lowest BCUT2D eigenvalue weighted by Crippen LogP contribution is -2.28. The molecule has 0 bridgehead atoms. The molecule has 100 valence electrons. The minimum Gasteiger partial charge on any atom is -0.308 e.